The monoisotopic (exact) mass is 351 g/mol. The zero-order valence-corrected chi connectivity index (χ0v) is 14.7. The molecule has 1 aromatic heterocycles. The van der Waals surface area contributed by atoms with E-state index in [0.717, 1.165) is 49.4 Å². The number of aromatic nitrogens is 1. The number of carboxylic acids is 1. The van der Waals surface area contributed by atoms with Gasteiger partial charge >= 0.3 is 5.97 Å². The van der Waals surface area contributed by atoms with Crippen molar-refractivity contribution in [3.63, 3.8) is 0 Å². The average Bonchev–Trinajstić information content (AvgIpc) is 2.96. The molecule has 26 heavy (non-hydrogen) atoms. The summed E-state index contributed by atoms with van der Waals surface area (Å²) in [7, 11) is 2.15. The molecule has 1 saturated heterocycles. The van der Waals surface area contributed by atoms with Crippen LogP contribution >= 0.6 is 0 Å². The van der Waals surface area contributed by atoms with E-state index in [1.54, 1.807) is 18.2 Å². The zero-order chi connectivity index (χ0) is 18.1. The van der Waals surface area contributed by atoms with Crippen molar-refractivity contribution >= 4 is 22.8 Å². The third-order valence-electron chi connectivity index (χ3n) is 4.81. The highest BCUT2D eigenvalue weighted by Crippen LogP contribution is 2.28. The van der Waals surface area contributed by atoms with Gasteiger partial charge < -0.3 is 19.3 Å². The van der Waals surface area contributed by atoms with Crippen LogP contribution in [0.3, 0.4) is 0 Å². The number of likely N-dealkylation sites (N-methyl/N-ethyl adjacent to an activating group) is 1. The van der Waals surface area contributed by atoms with Crippen LogP contribution in [0, 0.1) is 0 Å². The van der Waals surface area contributed by atoms with Gasteiger partial charge in [-0.1, -0.05) is 6.07 Å². The number of hydrogen-bond donors (Lipinski definition) is 1. The van der Waals surface area contributed by atoms with Crippen molar-refractivity contribution in [1.82, 2.24) is 9.88 Å². The van der Waals surface area contributed by atoms with Gasteiger partial charge in [0.25, 0.3) is 0 Å². The van der Waals surface area contributed by atoms with Gasteiger partial charge in [-0.3, -0.25) is 0 Å². The summed E-state index contributed by atoms with van der Waals surface area (Å²) in [5.41, 5.74) is 3.51. The lowest BCUT2D eigenvalue weighted by atomic mass is 10.1. The number of carboxylic acid groups (broad SMARTS) is 1. The third-order valence-corrected chi connectivity index (χ3v) is 4.81. The van der Waals surface area contributed by atoms with Crippen LogP contribution in [0.15, 0.2) is 46.9 Å². The number of nitrogens with zero attached hydrogens (tertiary/aromatic N) is 3. The van der Waals surface area contributed by atoms with E-state index in [4.69, 9.17) is 9.52 Å². The summed E-state index contributed by atoms with van der Waals surface area (Å²) < 4.78 is 5.93. The van der Waals surface area contributed by atoms with E-state index in [1.165, 1.54) is 0 Å². The summed E-state index contributed by atoms with van der Waals surface area (Å²) in [6.07, 6.45) is 1.14. The number of oxazole rings is 1. The summed E-state index contributed by atoms with van der Waals surface area (Å²) in [5, 5.41) is 9.16. The first-order valence-electron chi connectivity index (χ1n) is 8.78. The summed E-state index contributed by atoms with van der Waals surface area (Å²) in [5.74, 6) is -0.521. The fourth-order valence-electron chi connectivity index (χ4n) is 3.32. The average molecular weight is 351 g/mol. The van der Waals surface area contributed by atoms with Crippen molar-refractivity contribution in [2.45, 2.75) is 6.42 Å². The van der Waals surface area contributed by atoms with Crippen molar-refractivity contribution in [3.8, 4) is 11.5 Å². The molecule has 0 radical (unpaired) electrons. The Labute approximate surface area is 151 Å². The largest absolute Gasteiger partial charge is 0.478 e. The summed E-state index contributed by atoms with van der Waals surface area (Å²) in [6.45, 7) is 4.17. The molecule has 0 aliphatic carbocycles. The maximum absolute atomic E-state index is 11.2. The lowest BCUT2D eigenvalue weighted by Gasteiger charge is -2.22. The van der Waals surface area contributed by atoms with E-state index in [0.29, 0.717) is 11.5 Å². The highest BCUT2D eigenvalue weighted by Gasteiger charge is 2.15. The second kappa shape index (κ2) is 6.80. The molecule has 0 saturated carbocycles. The molecule has 1 N–H and O–H groups in total. The van der Waals surface area contributed by atoms with Crippen molar-refractivity contribution in [3.05, 3.63) is 48.0 Å². The Morgan fingerprint density at radius 3 is 2.85 bits per heavy atom. The molecule has 3 aromatic rings. The Kier molecular flexibility index (Phi) is 4.34. The number of fused-ring (bicyclic) bond motifs is 1. The van der Waals surface area contributed by atoms with Gasteiger partial charge in [-0.2, -0.15) is 0 Å². The fraction of sp³-hybridized carbons (Fsp3) is 0.300. The molecule has 0 amide bonds. The molecular weight excluding hydrogens is 330 g/mol. The van der Waals surface area contributed by atoms with Gasteiger partial charge in [-0.15, -0.1) is 0 Å². The predicted octanol–water partition coefficient (Wildman–Crippen LogP) is 3.33. The summed E-state index contributed by atoms with van der Waals surface area (Å²) >= 11 is 0. The molecule has 1 aliphatic rings. The fourth-order valence-corrected chi connectivity index (χ4v) is 3.32. The molecule has 0 unspecified atom stereocenters. The highest BCUT2D eigenvalue weighted by atomic mass is 16.4. The molecule has 6 nitrogen and oxygen atoms in total. The lowest BCUT2D eigenvalue weighted by Crippen LogP contribution is -2.28. The Balaban J connectivity index is 1.66. The Morgan fingerprint density at radius 2 is 2.00 bits per heavy atom. The molecule has 0 spiro atoms. The number of benzene rings is 2. The van der Waals surface area contributed by atoms with Gasteiger partial charge in [0, 0.05) is 37.0 Å². The quantitative estimate of drug-likeness (QED) is 0.780. The molecule has 134 valence electrons. The Morgan fingerprint density at radius 1 is 1.12 bits per heavy atom. The Bertz CT molecular complexity index is 950. The molecule has 2 heterocycles. The third kappa shape index (κ3) is 3.28. The molecule has 0 bridgehead atoms. The van der Waals surface area contributed by atoms with Crippen molar-refractivity contribution in [1.29, 1.82) is 0 Å². The van der Waals surface area contributed by atoms with Crippen LogP contribution in [-0.2, 0) is 0 Å². The van der Waals surface area contributed by atoms with E-state index < -0.39 is 5.97 Å². The van der Waals surface area contributed by atoms with Gasteiger partial charge in [0.15, 0.2) is 5.58 Å². The number of anilines is 1. The first kappa shape index (κ1) is 16.6. The maximum atomic E-state index is 11.2. The summed E-state index contributed by atoms with van der Waals surface area (Å²) in [6, 6.07) is 12.7. The van der Waals surface area contributed by atoms with E-state index in [2.05, 4.69) is 27.9 Å². The van der Waals surface area contributed by atoms with Crippen LogP contribution in [0.25, 0.3) is 22.6 Å². The van der Waals surface area contributed by atoms with E-state index in [9.17, 15) is 4.79 Å². The van der Waals surface area contributed by atoms with Gasteiger partial charge in [0.1, 0.15) is 5.52 Å². The second-order valence-electron chi connectivity index (χ2n) is 6.70. The van der Waals surface area contributed by atoms with Crippen LogP contribution in [0.2, 0.25) is 0 Å². The van der Waals surface area contributed by atoms with Crippen LogP contribution in [0.5, 0.6) is 0 Å². The number of hydrogen-bond acceptors (Lipinski definition) is 5. The van der Waals surface area contributed by atoms with Gasteiger partial charge in [0.2, 0.25) is 5.89 Å². The lowest BCUT2D eigenvalue weighted by molar-refractivity contribution is 0.0697. The summed E-state index contributed by atoms with van der Waals surface area (Å²) in [4.78, 5) is 20.4. The van der Waals surface area contributed by atoms with Gasteiger partial charge in [-0.05, 0) is 50.3 Å². The molecule has 2 aromatic carbocycles. The second-order valence-corrected chi connectivity index (χ2v) is 6.70. The van der Waals surface area contributed by atoms with Crippen LogP contribution in [-0.4, -0.2) is 54.2 Å². The normalized spacial score (nSPS) is 16.0. The van der Waals surface area contributed by atoms with Crippen molar-refractivity contribution in [2.75, 3.05) is 38.1 Å². The maximum Gasteiger partial charge on any atom is 0.335 e. The first-order chi connectivity index (χ1) is 12.6. The minimum atomic E-state index is -0.962. The van der Waals surface area contributed by atoms with Crippen molar-refractivity contribution < 1.29 is 14.3 Å². The molecule has 0 atom stereocenters. The molecule has 6 heteroatoms. The van der Waals surface area contributed by atoms with Gasteiger partial charge in [-0.25, -0.2) is 9.78 Å². The number of rotatable bonds is 3. The minimum Gasteiger partial charge on any atom is -0.478 e. The van der Waals surface area contributed by atoms with Crippen LogP contribution in [0.1, 0.15) is 16.8 Å². The van der Waals surface area contributed by atoms with E-state index >= 15 is 0 Å². The molecule has 1 fully saturated rings. The topological polar surface area (TPSA) is 69.8 Å². The smallest absolute Gasteiger partial charge is 0.335 e. The zero-order valence-electron chi connectivity index (χ0n) is 14.7. The standard InChI is InChI=1S/C20H21N3O3/c1-22-8-3-9-23(11-10-22)16-6-7-17-18(13-16)26-19(21-17)14-4-2-5-15(12-14)20(24)25/h2,4-7,12-13H,3,8-11H2,1H3,(H,24,25). The Hall–Kier alpha value is -2.86. The minimum absolute atomic E-state index is 0.221. The molecular formula is C20H21N3O3. The van der Waals surface area contributed by atoms with E-state index in [1.807, 2.05) is 18.2 Å². The SMILES string of the molecule is CN1CCCN(c2ccc3nc(-c4cccc(C(=O)O)c4)oc3c2)CC1. The highest BCUT2D eigenvalue weighted by molar-refractivity contribution is 5.89. The first-order valence-corrected chi connectivity index (χ1v) is 8.78. The molecule has 4 rings (SSSR count). The predicted molar refractivity (Wildman–Crippen MR) is 101 cm³/mol. The van der Waals surface area contributed by atoms with E-state index in [-0.39, 0.29) is 5.56 Å². The van der Waals surface area contributed by atoms with Crippen LogP contribution in [0.4, 0.5) is 5.69 Å². The van der Waals surface area contributed by atoms with Crippen LogP contribution < -0.4 is 4.90 Å². The van der Waals surface area contributed by atoms with Gasteiger partial charge in [0.05, 0.1) is 5.56 Å². The molecule has 1 aliphatic heterocycles. The van der Waals surface area contributed by atoms with Crippen molar-refractivity contribution in [2.24, 2.45) is 0 Å². The number of carbonyl (C=O) groups is 1. The number of aromatic carboxylic acids is 1.